The lowest BCUT2D eigenvalue weighted by atomic mass is 9.96. The van der Waals surface area contributed by atoms with Crippen LogP contribution in [0.2, 0.25) is 0 Å². The van der Waals surface area contributed by atoms with Gasteiger partial charge in [0.2, 0.25) is 0 Å². The lowest BCUT2D eigenvalue weighted by Crippen LogP contribution is -2.45. The van der Waals surface area contributed by atoms with Crippen LogP contribution >= 0.6 is 0 Å². The van der Waals surface area contributed by atoms with Crippen LogP contribution in [0.1, 0.15) is 22.7 Å². The molecule has 4 rings (SSSR count). The van der Waals surface area contributed by atoms with Crippen molar-refractivity contribution in [1.29, 1.82) is 0 Å². The van der Waals surface area contributed by atoms with Gasteiger partial charge >= 0.3 is 0 Å². The van der Waals surface area contributed by atoms with Gasteiger partial charge < -0.3 is 10.1 Å². The first-order chi connectivity index (χ1) is 11.2. The minimum absolute atomic E-state index is 0.158. The number of benzene rings is 2. The summed E-state index contributed by atoms with van der Waals surface area (Å²) < 4.78 is 20.0. The number of piperazine rings is 1. The van der Waals surface area contributed by atoms with Crippen molar-refractivity contribution in [2.24, 2.45) is 0 Å². The molecule has 23 heavy (non-hydrogen) atoms. The molecule has 0 aromatic heterocycles. The molecule has 2 aliphatic heterocycles. The van der Waals surface area contributed by atoms with Gasteiger partial charge in [0.1, 0.15) is 17.3 Å². The van der Waals surface area contributed by atoms with Crippen LogP contribution in [0, 0.1) is 12.7 Å². The highest BCUT2D eigenvalue weighted by Gasteiger charge is 2.29. The van der Waals surface area contributed by atoms with E-state index >= 15 is 0 Å². The highest BCUT2D eigenvalue weighted by atomic mass is 19.1. The van der Waals surface area contributed by atoms with Crippen LogP contribution in [-0.4, -0.2) is 31.1 Å². The van der Waals surface area contributed by atoms with E-state index in [2.05, 4.69) is 29.3 Å². The average molecular weight is 312 g/mol. The molecule has 0 aliphatic carbocycles. The molecule has 1 unspecified atom stereocenters. The first-order valence-corrected chi connectivity index (χ1v) is 8.22. The van der Waals surface area contributed by atoms with Gasteiger partial charge in [0, 0.05) is 37.8 Å². The summed E-state index contributed by atoms with van der Waals surface area (Å²) >= 11 is 0. The predicted octanol–water partition coefficient (Wildman–Crippen LogP) is 3.43. The smallest absolute Gasteiger partial charge is 0.132 e. The Labute approximate surface area is 136 Å². The Kier molecular flexibility index (Phi) is 3.79. The quantitative estimate of drug-likeness (QED) is 0.873. The van der Waals surface area contributed by atoms with Crippen molar-refractivity contribution >= 4 is 0 Å². The summed E-state index contributed by atoms with van der Waals surface area (Å²) in [4.78, 5) is 2.44. The standard InChI is InChI=1S/C19H21FN2O/c1-13-2-4-18-14(10-13)11-17(22-8-6-21-7-9-22)16-12-15(20)3-5-19(16)23-18/h2-5,10,12,17,21H,6-9,11H2,1H3. The van der Waals surface area contributed by atoms with Crippen LogP contribution in [-0.2, 0) is 6.42 Å². The topological polar surface area (TPSA) is 24.5 Å². The number of aryl methyl sites for hydroxylation is 1. The van der Waals surface area contributed by atoms with E-state index in [1.54, 1.807) is 12.1 Å². The van der Waals surface area contributed by atoms with Crippen molar-refractivity contribution in [1.82, 2.24) is 10.2 Å². The second kappa shape index (κ2) is 5.95. The van der Waals surface area contributed by atoms with E-state index in [9.17, 15) is 4.39 Å². The molecule has 1 fully saturated rings. The molecule has 2 heterocycles. The Morgan fingerprint density at radius 2 is 1.87 bits per heavy atom. The minimum atomic E-state index is -0.199. The third-order valence-corrected chi connectivity index (χ3v) is 4.77. The molecule has 3 nitrogen and oxygen atoms in total. The Morgan fingerprint density at radius 1 is 1.09 bits per heavy atom. The molecule has 2 aromatic rings. The second-order valence-corrected chi connectivity index (χ2v) is 6.40. The molecule has 0 radical (unpaired) electrons. The molecule has 1 atom stereocenters. The largest absolute Gasteiger partial charge is 0.457 e. The minimum Gasteiger partial charge on any atom is -0.457 e. The fourth-order valence-electron chi connectivity index (χ4n) is 3.60. The monoisotopic (exact) mass is 312 g/mol. The fourth-order valence-corrected chi connectivity index (χ4v) is 3.60. The molecule has 0 amide bonds. The number of hydrogen-bond acceptors (Lipinski definition) is 3. The number of hydrogen-bond donors (Lipinski definition) is 1. The summed E-state index contributed by atoms with van der Waals surface area (Å²) in [6.07, 6.45) is 0.855. The molecule has 0 spiro atoms. The van der Waals surface area contributed by atoms with Crippen molar-refractivity contribution in [3.05, 3.63) is 58.9 Å². The SMILES string of the molecule is Cc1ccc2c(c1)CC(N1CCNCC1)c1cc(F)ccc1O2. The average Bonchev–Trinajstić information content (AvgIpc) is 2.72. The highest BCUT2D eigenvalue weighted by molar-refractivity contribution is 5.48. The Hall–Kier alpha value is -1.91. The zero-order chi connectivity index (χ0) is 15.8. The van der Waals surface area contributed by atoms with E-state index in [0.29, 0.717) is 0 Å². The van der Waals surface area contributed by atoms with Gasteiger partial charge in [-0.3, -0.25) is 4.90 Å². The third-order valence-electron chi connectivity index (χ3n) is 4.77. The van der Waals surface area contributed by atoms with Gasteiger partial charge in [-0.2, -0.15) is 0 Å². The maximum Gasteiger partial charge on any atom is 0.132 e. The van der Waals surface area contributed by atoms with Gasteiger partial charge in [0.05, 0.1) is 0 Å². The van der Waals surface area contributed by atoms with Crippen LogP contribution < -0.4 is 10.1 Å². The summed E-state index contributed by atoms with van der Waals surface area (Å²) in [6, 6.07) is 11.3. The normalized spacial score (nSPS) is 21.0. The van der Waals surface area contributed by atoms with Crippen LogP contribution in [0.5, 0.6) is 11.5 Å². The highest BCUT2D eigenvalue weighted by Crippen LogP contribution is 2.41. The van der Waals surface area contributed by atoms with Crippen molar-refractivity contribution in [3.63, 3.8) is 0 Å². The van der Waals surface area contributed by atoms with E-state index in [1.165, 1.54) is 17.2 Å². The van der Waals surface area contributed by atoms with E-state index in [0.717, 1.165) is 49.7 Å². The van der Waals surface area contributed by atoms with E-state index in [4.69, 9.17) is 4.74 Å². The zero-order valence-electron chi connectivity index (χ0n) is 13.3. The van der Waals surface area contributed by atoms with E-state index in [-0.39, 0.29) is 11.9 Å². The van der Waals surface area contributed by atoms with Crippen LogP contribution in [0.15, 0.2) is 36.4 Å². The molecular weight excluding hydrogens is 291 g/mol. The van der Waals surface area contributed by atoms with Crippen molar-refractivity contribution < 1.29 is 9.13 Å². The van der Waals surface area contributed by atoms with Gasteiger partial charge in [-0.15, -0.1) is 0 Å². The number of fused-ring (bicyclic) bond motifs is 2. The molecule has 1 N–H and O–H groups in total. The molecule has 2 aromatic carbocycles. The lowest BCUT2D eigenvalue weighted by Gasteiger charge is -2.35. The van der Waals surface area contributed by atoms with Gasteiger partial charge in [0.15, 0.2) is 0 Å². The van der Waals surface area contributed by atoms with Crippen LogP contribution in [0.4, 0.5) is 4.39 Å². The first-order valence-electron chi connectivity index (χ1n) is 8.22. The number of rotatable bonds is 1. The van der Waals surface area contributed by atoms with Crippen molar-refractivity contribution in [2.75, 3.05) is 26.2 Å². The Morgan fingerprint density at radius 3 is 2.70 bits per heavy atom. The zero-order valence-corrected chi connectivity index (χ0v) is 13.3. The molecule has 2 aliphatic rings. The molecule has 0 saturated carbocycles. The molecule has 4 heteroatoms. The number of nitrogens with one attached hydrogen (secondary N) is 1. The van der Waals surface area contributed by atoms with Crippen LogP contribution in [0.25, 0.3) is 0 Å². The molecule has 0 bridgehead atoms. The number of halogens is 1. The van der Waals surface area contributed by atoms with Gasteiger partial charge in [-0.25, -0.2) is 4.39 Å². The Balaban J connectivity index is 1.81. The van der Waals surface area contributed by atoms with Gasteiger partial charge in [-0.05, 0) is 43.2 Å². The maximum absolute atomic E-state index is 13.9. The molecule has 1 saturated heterocycles. The predicted molar refractivity (Wildman–Crippen MR) is 88.5 cm³/mol. The summed E-state index contributed by atoms with van der Waals surface area (Å²) in [5.74, 6) is 1.47. The van der Waals surface area contributed by atoms with Crippen LogP contribution in [0.3, 0.4) is 0 Å². The summed E-state index contributed by atoms with van der Waals surface area (Å²) in [7, 11) is 0. The summed E-state index contributed by atoms with van der Waals surface area (Å²) in [5, 5.41) is 3.39. The van der Waals surface area contributed by atoms with E-state index in [1.807, 2.05) is 6.07 Å². The summed E-state index contributed by atoms with van der Waals surface area (Å²) in [6.45, 7) is 5.99. The van der Waals surface area contributed by atoms with Crippen molar-refractivity contribution in [2.45, 2.75) is 19.4 Å². The fraction of sp³-hybridized carbons (Fsp3) is 0.368. The Bertz CT molecular complexity index is 725. The lowest BCUT2D eigenvalue weighted by molar-refractivity contribution is 0.172. The van der Waals surface area contributed by atoms with Gasteiger partial charge in [-0.1, -0.05) is 17.7 Å². The summed E-state index contributed by atoms with van der Waals surface area (Å²) in [5.41, 5.74) is 3.38. The maximum atomic E-state index is 13.9. The van der Waals surface area contributed by atoms with Gasteiger partial charge in [0.25, 0.3) is 0 Å². The number of nitrogens with zero attached hydrogens (tertiary/aromatic N) is 1. The third kappa shape index (κ3) is 2.84. The second-order valence-electron chi connectivity index (χ2n) is 6.40. The molecule has 120 valence electrons. The molecular formula is C19H21FN2O. The van der Waals surface area contributed by atoms with E-state index < -0.39 is 0 Å². The van der Waals surface area contributed by atoms with Crippen molar-refractivity contribution in [3.8, 4) is 11.5 Å². The first kappa shape index (κ1) is 14.7. The number of ether oxygens (including phenoxy) is 1.